The Kier molecular flexibility index (Phi) is 4.55. The molecule has 18 heavy (non-hydrogen) atoms. The van der Waals surface area contributed by atoms with Gasteiger partial charge in [-0.3, -0.25) is 0 Å². The van der Waals surface area contributed by atoms with Crippen LogP contribution in [0.1, 0.15) is 17.3 Å². The van der Waals surface area contributed by atoms with Crippen LogP contribution in [0.3, 0.4) is 0 Å². The van der Waals surface area contributed by atoms with Crippen molar-refractivity contribution in [1.29, 1.82) is 0 Å². The third kappa shape index (κ3) is 3.92. The largest absolute Gasteiger partial charge is 0.490 e. The minimum atomic E-state index is -3.11. The Morgan fingerprint density at radius 1 is 1.44 bits per heavy atom. The molecule has 0 spiro atoms. The Morgan fingerprint density at radius 2 is 2.11 bits per heavy atom. The number of aromatic carboxylic acids is 1. The fourth-order valence-electron chi connectivity index (χ4n) is 1.22. The lowest BCUT2D eigenvalue weighted by Crippen LogP contribution is -2.16. The van der Waals surface area contributed by atoms with E-state index < -0.39 is 15.8 Å². The summed E-state index contributed by atoms with van der Waals surface area (Å²) in [6.07, 6.45) is 0. The molecule has 0 saturated heterocycles. The van der Waals surface area contributed by atoms with E-state index in [-0.39, 0.29) is 35.1 Å². The predicted octanol–water partition coefficient (Wildman–Crippen LogP) is 0.780. The highest BCUT2D eigenvalue weighted by molar-refractivity contribution is 7.91. The number of rotatable bonds is 6. The van der Waals surface area contributed by atoms with Crippen LogP contribution in [-0.2, 0) is 9.84 Å². The molecule has 0 atom stereocenters. The van der Waals surface area contributed by atoms with Gasteiger partial charge >= 0.3 is 5.97 Å². The lowest BCUT2D eigenvalue weighted by atomic mass is 10.2. The molecule has 0 aliphatic heterocycles. The van der Waals surface area contributed by atoms with Crippen molar-refractivity contribution in [3.63, 3.8) is 0 Å². The van der Waals surface area contributed by atoms with Crippen LogP contribution in [0.5, 0.6) is 5.75 Å². The molecule has 1 aromatic rings. The first-order valence-corrected chi connectivity index (χ1v) is 7.14. The standard InChI is InChI=1S/C11H15NO5S/c1-2-18(15,16)6-5-17-10-7-8(11(13)14)3-4-9(10)12/h3-4,7H,2,5-6,12H2,1H3,(H,13,14). The van der Waals surface area contributed by atoms with Crippen molar-refractivity contribution in [3.05, 3.63) is 23.8 Å². The fraction of sp³-hybridized carbons (Fsp3) is 0.364. The normalized spacial score (nSPS) is 11.2. The number of benzene rings is 1. The van der Waals surface area contributed by atoms with Gasteiger partial charge in [-0.15, -0.1) is 0 Å². The molecular weight excluding hydrogens is 258 g/mol. The Balaban J connectivity index is 2.73. The average Bonchev–Trinajstić information content (AvgIpc) is 2.31. The number of anilines is 1. The van der Waals surface area contributed by atoms with Crippen molar-refractivity contribution in [1.82, 2.24) is 0 Å². The van der Waals surface area contributed by atoms with Crippen molar-refractivity contribution < 1.29 is 23.1 Å². The van der Waals surface area contributed by atoms with Crippen LogP contribution in [-0.4, -0.2) is 37.6 Å². The number of ether oxygens (including phenoxy) is 1. The Morgan fingerprint density at radius 3 is 2.67 bits per heavy atom. The highest BCUT2D eigenvalue weighted by Gasteiger charge is 2.10. The van der Waals surface area contributed by atoms with E-state index >= 15 is 0 Å². The second-order valence-corrected chi connectivity index (χ2v) is 6.12. The Labute approximate surface area is 105 Å². The summed E-state index contributed by atoms with van der Waals surface area (Å²) < 4.78 is 27.7. The molecule has 0 heterocycles. The number of hydrogen-bond donors (Lipinski definition) is 2. The van der Waals surface area contributed by atoms with Gasteiger partial charge in [0.1, 0.15) is 12.4 Å². The summed E-state index contributed by atoms with van der Waals surface area (Å²) in [7, 11) is -3.11. The van der Waals surface area contributed by atoms with Gasteiger partial charge in [0.2, 0.25) is 0 Å². The van der Waals surface area contributed by atoms with E-state index in [1.54, 1.807) is 6.92 Å². The lowest BCUT2D eigenvalue weighted by Gasteiger charge is -2.09. The smallest absolute Gasteiger partial charge is 0.335 e. The van der Waals surface area contributed by atoms with E-state index in [0.717, 1.165) is 0 Å². The van der Waals surface area contributed by atoms with Gasteiger partial charge in [-0.05, 0) is 18.2 Å². The molecule has 0 bridgehead atoms. The topological polar surface area (TPSA) is 107 Å². The molecule has 0 unspecified atom stereocenters. The number of nitrogens with two attached hydrogens (primary N) is 1. The van der Waals surface area contributed by atoms with Gasteiger partial charge in [0.25, 0.3) is 0 Å². The second-order valence-electron chi connectivity index (χ2n) is 3.64. The highest BCUT2D eigenvalue weighted by atomic mass is 32.2. The van der Waals surface area contributed by atoms with Crippen molar-refractivity contribution in [2.75, 3.05) is 23.8 Å². The molecule has 0 saturated carbocycles. The molecule has 0 aliphatic rings. The van der Waals surface area contributed by atoms with Gasteiger partial charge in [-0.2, -0.15) is 0 Å². The summed E-state index contributed by atoms with van der Waals surface area (Å²) in [5.74, 6) is -0.997. The summed E-state index contributed by atoms with van der Waals surface area (Å²) in [6.45, 7) is 1.50. The third-order valence-corrected chi connectivity index (χ3v) is 4.02. The van der Waals surface area contributed by atoms with Crippen molar-refractivity contribution in [2.45, 2.75) is 6.92 Å². The predicted molar refractivity (Wildman–Crippen MR) is 67.6 cm³/mol. The van der Waals surface area contributed by atoms with E-state index in [2.05, 4.69) is 0 Å². The number of carboxylic acids is 1. The quantitative estimate of drug-likeness (QED) is 0.742. The van der Waals surface area contributed by atoms with Gasteiger partial charge in [0.15, 0.2) is 9.84 Å². The summed E-state index contributed by atoms with van der Waals surface area (Å²) in [6, 6.07) is 4.04. The first-order valence-electron chi connectivity index (χ1n) is 5.32. The van der Waals surface area contributed by atoms with E-state index in [9.17, 15) is 13.2 Å². The number of sulfone groups is 1. The maximum absolute atomic E-state index is 11.2. The van der Waals surface area contributed by atoms with Gasteiger partial charge in [0, 0.05) is 5.75 Å². The zero-order valence-electron chi connectivity index (χ0n) is 9.92. The summed E-state index contributed by atoms with van der Waals surface area (Å²) in [5, 5.41) is 8.80. The molecular formula is C11H15NO5S. The Bertz CT molecular complexity index is 538. The summed E-state index contributed by atoms with van der Waals surface area (Å²) in [4.78, 5) is 10.8. The van der Waals surface area contributed by atoms with Gasteiger partial charge in [0.05, 0.1) is 17.0 Å². The van der Waals surface area contributed by atoms with Crippen molar-refractivity contribution in [3.8, 4) is 5.75 Å². The van der Waals surface area contributed by atoms with Crippen molar-refractivity contribution >= 4 is 21.5 Å². The molecule has 3 N–H and O–H groups in total. The van der Waals surface area contributed by atoms with Crippen LogP contribution in [0.15, 0.2) is 18.2 Å². The van der Waals surface area contributed by atoms with Crippen LogP contribution < -0.4 is 10.5 Å². The third-order valence-electron chi connectivity index (χ3n) is 2.35. The van der Waals surface area contributed by atoms with Crippen LogP contribution in [0, 0.1) is 0 Å². The molecule has 6 nitrogen and oxygen atoms in total. The maximum atomic E-state index is 11.2. The molecule has 1 rings (SSSR count). The van der Waals surface area contributed by atoms with Crippen LogP contribution in [0.25, 0.3) is 0 Å². The molecule has 7 heteroatoms. The highest BCUT2D eigenvalue weighted by Crippen LogP contribution is 2.22. The van der Waals surface area contributed by atoms with Gasteiger partial charge < -0.3 is 15.6 Å². The summed E-state index contributed by atoms with van der Waals surface area (Å²) in [5.41, 5.74) is 5.92. The maximum Gasteiger partial charge on any atom is 0.335 e. The van der Waals surface area contributed by atoms with Crippen LogP contribution in [0.2, 0.25) is 0 Å². The zero-order chi connectivity index (χ0) is 13.8. The SMILES string of the molecule is CCS(=O)(=O)CCOc1cc(C(=O)O)ccc1N. The minimum absolute atomic E-state index is 0.0394. The number of nitrogen functional groups attached to an aromatic ring is 1. The number of hydrogen-bond acceptors (Lipinski definition) is 5. The first kappa shape index (κ1) is 14.3. The average molecular weight is 273 g/mol. The molecule has 0 radical (unpaired) electrons. The fourth-order valence-corrected chi connectivity index (χ4v) is 1.84. The van der Waals surface area contributed by atoms with Gasteiger partial charge in [-0.1, -0.05) is 6.92 Å². The molecule has 0 fully saturated rings. The first-order chi connectivity index (χ1) is 8.35. The molecule has 0 amide bonds. The molecule has 1 aromatic carbocycles. The summed E-state index contributed by atoms with van der Waals surface area (Å²) >= 11 is 0. The van der Waals surface area contributed by atoms with Gasteiger partial charge in [-0.25, -0.2) is 13.2 Å². The molecule has 0 aliphatic carbocycles. The number of carboxylic acid groups (broad SMARTS) is 1. The minimum Gasteiger partial charge on any atom is -0.490 e. The Hall–Kier alpha value is -1.76. The van der Waals surface area contributed by atoms with Crippen LogP contribution in [0.4, 0.5) is 5.69 Å². The second kappa shape index (κ2) is 5.72. The molecule has 0 aromatic heterocycles. The number of carbonyl (C=O) groups is 1. The van der Waals surface area contributed by atoms with E-state index in [4.69, 9.17) is 15.6 Å². The van der Waals surface area contributed by atoms with E-state index in [0.29, 0.717) is 0 Å². The van der Waals surface area contributed by atoms with E-state index in [1.807, 2.05) is 0 Å². The van der Waals surface area contributed by atoms with Crippen LogP contribution >= 0.6 is 0 Å². The molecule has 100 valence electrons. The zero-order valence-corrected chi connectivity index (χ0v) is 10.7. The van der Waals surface area contributed by atoms with E-state index in [1.165, 1.54) is 18.2 Å². The monoisotopic (exact) mass is 273 g/mol. The lowest BCUT2D eigenvalue weighted by molar-refractivity contribution is 0.0696. The van der Waals surface area contributed by atoms with Crippen molar-refractivity contribution in [2.24, 2.45) is 0 Å².